The van der Waals surface area contributed by atoms with E-state index in [1.165, 1.54) is 0 Å². The van der Waals surface area contributed by atoms with Gasteiger partial charge in [0.2, 0.25) is 11.8 Å². The van der Waals surface area contributed by atoms with Crippen LogP contribution in [0.5, 0.6) is 0 Å². The molecule has 0 unspecified atom stereocenters. The second kappa shape index (κ2) is 11.9. The standard InChI is InChI=1S/C21H28N2O5/c24-15-18(13-16-7-3-1-4-8-16)23-19(25)14-17-9-5-2-6-10-20(26)28-12-11-22-21(17)27/h1-5,7-8,17-18,24H,6,9-15H2,(H,22,27)(H,23,25)/t17-,18+/m1/s1. The van der Waals surface area contributed by atoms with Crippen molar-refractivity contribution in [2.24, 2.45) is 5.92 Å². The molecule has 2 atom stereocenters. The minimum atomic E-state index is -0.512. The number of cyclic esters (lactones) is 1. The fraction of sp³-hybridized carbons (Fsp3) is 0.476. The first-order valence-electron chi connectivity index (χ1n) is 9.61. The van der Waals surface area contributed by atoms with Gasteiger partial charge in [-0.1, -0.05) is 42.5 Å². The first kappa shape index (κ1) is 21.6. The molecule has 0 bridgehead atoms. The molecule has 0 fully saturated rings. The summed E-state index contributed by atoms with van der Waals surface area (Å²) in [5.74, 6) is -1.33. The van der Waals surface area contributed by atoms with Gasteiger partial charge < -0.3 is 20.5 Å². The largest absolute Gasteiger partial charge is 0.464 e. The van der Waals surface area contributed by atoms with Gasteiger partial charge in [-0.2, -0.15) is 0 Å². The predicted octanol–water partition coefficient (Wildman–Crippen LogP) is 1.11. The molecule has 0 aromatic heterocycles. The third kappa shape index (κ3) is 7.92. The van der Waals surface area contributed by atoms with E-state index in [9.17, 15) is 19.5 Å². The van der Waals surface area contributed by atoms with Crippen molar-refractivity contribution in [1.82, 2.24) is 10.6 Å². The molecule has 152 valence electrons. The van der Waals surface area contributed by atoms with Crippen molar-refractivity contribution < 1.29 is 24.2 Å². The Bertz CT molecular complexity index is 675. The molecule has 1 aromatic carbocycles. The molecule has 0 spiro atoms. The maximum absolute atomic E-state index is 12.4. The number of carbonyl (C=O) groups is 3. The molecule has 0 aliphatic carbocycles. The number of benzene rings is 1. The zero-order chi connectivity index (χ0) is 20.2. The zero-order valence-corrected chi connectivity index (χ0v) is 15.9. The molecular weight excluding hydrogens is 360 g/mol. The molecule has 1 aliphatic rings. The van der Waals surface area contributed by atoms with Gasteiger partial charge in [0.1, 0.15) is 6.61 Å². The average molecular weight is 388 g/mol. The number of aliphatic hydroxyl groups excluding tert-OH is 1. The van der Waals surface area contributed by atoms with E-state index in [4.69, 9.17) is 4.74 Å². The van der Waals surface area contributed by atoms with Crippen LogP contribution in [0.4, 0.5) is 0 Å². The number of hydrogen-bond donors (Lipinski definition) is 3. The van der Waals surface area contributed by atoms with E-state index in [0.717, 1.165) is 5.56 Å². The molecule has 0 saturated heterocycles. The number of carbonyl (C=O) groups excluding carboxylic acids is 3. The van der Waals surface area contributed by atoms with Gasteiger partial charge in [0.15, 0.2) is 0 Å². The fourth-order valence-corrected chi connectivity index (χ4v) is 2.99. The molecule has 2 rings (SSSR count). The summed E-state index contributed by atoms with van der Waals surface area (Å²) in [7, 11) is 0. The Hall–Kier alpha value is -2.67. The summed E-state index contributed by atoms with van der Waals surface area (Å²) < 4.78 is 5.01. The van der Waals surface area contributed by atoms with Gasteiger partial charge in [-0.25, -0.2) is 0 Å². The Morgan fingerprint density at radius 2 is 2.04 bits per heavy atom. The van der Waals surface area contributed by atoms with Crippen molar-refractivity contribution in [3.63, 3.8) is 0 Å². The van der Waals surface area contributed by atoms with E-state index in [-0.39, 0.29) is 44.0 Å². The Balaban J connectivity index is 1.91. The highest BCUT2D eigenvalue weighted by molar-refractivity contribution is 5.86. The molecule has 1 heterocycles. The van der Waals surface area contributed by atoms with Gasteiger partial charge in [0.05, 0.1) is 25.1 Å². The molecule has 1 aliphatic heterocycles. The van der Waals surface area contributed by atoms with Crippen molar-refractivity contribution >= 4 is 17.8 Å². The second-order valence-corrected chi connectivity index (χ2v) is 6.80. The van der Waals surface area contributed by atoms with Crippen LogP contribution in [0.3, 0.4) is 0 Å². The SMILES string of the molecule is O=C(C[C@H]1CC=CCCC(=O)OCCNC1=O)N[C@H](CO)Cc1ccccc1. The number of allylic oxidation sites excluding steroid dienone is 2. The van der Waals surface area contributed by atoms with Crippen molar-refractivity contribution in [3.8, 4) is 0 Å². The number of esters is 1. The highest BCUT2D eigenvalue weighted by atomic mass is 16.5. The summed E-state index contributed by atoms with van der Waals surface area (Å²) in [6.45, 7) is 0.166. The topological polar surface area (TPSA) is 105 Å². The van der Waals surface area contributed by atoms with Crippen LogP contribution >= 0.6 is 0 Å². The van der Waals surface area contributed by atoms with Crippen LogP contribution in [0.2, 0.25) is 0 Å². The van der Waals surface area contributed by atoms with E-state index in [0.29, 0.717) is 25.7 Å². The lowest BCUT2D eigenvalue weighted by Crippen LogP contribution is -2.42. The average Bonchev–Trinajstić information content (AvgIpc) is 2.69. The molecular formula is C21H28N2O5. The summed E-state index contributed by atoms with van der Waals surface area (Å²) in [5.41, 5.74) is 1.02. The van der Waals surface area contributed by atoms with Gasteiger partial charge in [-0.3, -0.25) is 14.4 Å². The fourth-order valence-electron chi connectivity index (χ4n) is 2.99. The molecule has 0 saturated carbocycles. The highest BCUT2D eigenvalue weighted by Crippen LogP contribution is 2.12. The lowest BCUT2D eigenvalue weighted by Gasteiger charge is -2.19. The van der Waals surface area contributed by atoms with Crippen molar-refractivity contribution in [1.29, 1.82) is 0 Å². The summed E-state index contributed by atoms with van der Waals surface area (Å²) in [6.07, 6.45) is 5.45. The molecule has 2 amide bonds. The first-order valence-corrected chi connectivity index (χ1v) is 9.61. The van der Waals surface area contributed by atoms with Crippen LogP contribution in [-0.2, 0) is 25.5 Å². The van der Waals surface area contributed by atoms with Crippen LogP contribution in [0, 0.1) is 5.92 Å². The van der Waals surface area contributed by atoms with Crippen LogP contribution in [0.25, 0.3) is 0 Å². The number of hydrogen-bond acceptors (Lipinski definition) is 5. The summed E-state index contributed by atoms with van der Waals surface area (Å²) in [6, 6.07) is 9.19. The van der Waals surface area contributed by atoms with Gasteiger partial charge in [-0.15, -0.1) is 0 Å². The predicted molar refractivity (Wildman–Crippen MR) is 104 cm³/mol. The minimum Gasteiger partial charge on any atom is -0.464 e. The molecule has 7 nitrogen and oxygen atoms in total. The second-order valence-electron chi connectivity index (χ2n) is 6.80. The summed E-state index contributed by atoms with van der Waals surface area (Å²) in [5, 5.41) is 15.1. The molecule has 7 heteroatoms. The third-order valence-corrected chi connectivity index (χ3v) is 4.48. The van der Waals surface area contributed by atoms with Gasteiger partial charge >= 0.3 is 5.97 Å². The number of ether oxygens (including phenoxy) is 1. The first-order chi connectivity index (χ1) is 13.6. The molecule has 3 N–H and O–H groups in total. The Labute approximate surface area is 165 Å². The lowest BCUT2D eigenvalue weighted by atomic mass is 9.98. The van der Waals surface area contributed by atoms with Crippen LogP contribution in [0.1, 0.15) is 31.2 Å². The highest BCUT2D eigenvalue weighted by Gasteiger charge is 2.22. The molecule has 0 radical (unpaired) electrons. The van der Waals surface area contributed by atoms with Gasteiger partial charge in [0.25, 0.3) is 0 Å². The van der Waals surface area contributed by atoms with Crippen molar-refractivity contribution in [3.05, 3.63) is 48.0 Å². The normalized spacial score (nSPS) is 19.5. The quantitative estimate of drug-likeness (QED) is 0.500. The molecule has 28 heavy (non-hydrogen) atoms. The Kier molecular flexibility index (Phi) is 9.21. The van der Waals surface area contributed by atoms with E-state index >= 15 is 0 Å². The maximum Gasteiger partial charge on any atom is 0.306 e. The van der Waals surface area contributed by atoms with Crippen molar-refractivity contribution in [2.45, 2.75) is 38.1 Å². The maximum atomic E-state index is 12.4. The third-order valence-electron chi connectivity index (χ3n) is 4.48. The van der Waals surface area contributed by atoms with Crippen LogP contribution in [-0.4, -0.2) is 48.7 Å². The lowest BCUT2D eigenvalue weighted by molar-refractivity contribution is -0.144. The minimum absolute atomic E-state index is 0.0290. The van der Waals surface area contributed by atoms with Gasteiger partial charge in [0, 0.05) is 12.8 Å². The summed E-state index contributed by atoms with van der Waals surface area (Å²) in [4.78, 5) is 36.2. The van der Waals surface area contributed by atoms with E-state index in [1.807, 2.05) is 42.5 Å². The number of amides is 2. The van der Waals surface area contributed by atoms with Gasteiger partial charge in [-0.05, 0) is 24.8 Å². The smallest absolute Gasteiger partial charge is 0.306 e. The Morgan fingerprint density at radius 3 is 2.79 bits per heavy atom. The number of rotatable bonds is 6. The van der Waals surface area contributed by atoms with Crippen LogP contribution in [0.15, 0.2) is 42.5 Å². The van der Waals surface area contributed by atoms with Crippen LogP contribution < -0.4 is 10.6 Å². The van der Waals surface area contributed by atoms with E-state index in [2.05, 4.69) is 10.6 Å². The van der Waals surface area contributed by atoms with E-state index < -0.39 is 12.0 Å². The summed E-state index contributed by atoms with van der Waals surface area (Å²) >= 11 is 0. The Morgan fingerprint density at radius 1 is 1.25 bits per heavy atom. The monoisotopic (exact) mass is 388 g/mol. The zero-order valence-electron chi connectivity index (χ0n) is 15.9. The van der Waals surface area contributed by atoms with Crippen molar-refractivity contribution in [2.75, 3.05) is 19.8 Å². The molecule has 1 aromatic rings. The number of aliphatic hydroxyl groups is 1. The van der Waals surface area contributed by atoms with E-state index in [1.54, 1.807) is 0 Å². The number of nitrogens with one attached hydrogen (secondary N) is 2.